The molecule has 2 fully saturated rings. The summed E-state index contributed by atoms with van der Waals surface area (Å²) in [5.41, 5.74) is 2.03. The van der Waals surface area contributed by atoms with Crippen LogP contribution in [0.25, 0.3) is 16.9 Å². The van der Waals surface area contributed by atoms with Crippen LogP contribution in [0.4, 0.5) is 5.69 Å². The fourth-order valence-corrected chi connectivity index (χ4v) is 3.80. The Morgan fingerprint density at radius 3 is 3.00 bits per heavy atom. The lowest BCUT2D eigenvalue weighted by molar-refractivity contribution is 0.596. The molecule has 1 saturated carbocycles. The standard InChI is InChI=1S/C16H16N6O2/c1-16-5-9(16)7-21(8-16)12-4-11(20-22-3-2-17-13(12)22)10-6-18-15(24)19-14(10)23/h2-4,6,9H,5,7-8H2,1H3,(H2,18,19,23,24). The smallest absolute Gasteiger partial charge is 0.325 e. The molecule has 1 aliphatic carbocycles. The molecule has 2 aliphatic rings. The number of aromatic amines is 2. The van der Waals surface area contributed by atoms with Crippen LogP contribution in [0, 0.1) is 11.3 Å². The van der Waals surface area contributed by atoms with E-state index in [1.165, 1.54) is 12.6 Å². The van der Waals surface area contributed by atoms with E-state index in [4.69, 9.17) is 0 Å². The van der Waals surface area contributed by atoms with Gasteiger partial charge in [0.25, 0.3) is 5.56 Å². The number of H-pyrrole nitrogens is 2. The van der Waals surface area contributed by atoms with E-state index in [1.807, 2.05) is 6.07 Å². The molecule has 0 aromatic carbocycles. The zero-order valence-corrected chi connectivity index (χ0v) is 13.1. The highest BCUT2D eigenvalue weighted by Crippen LogP contribution is 2.58. The second kappa shape index (κ2) is 4.34. The number of piperidine rings is 1. The normalized spacial score (nSPS) is 25.2. The second-order valence-electron chi connectivity index (χ2n) is 7.03. The molecule has 4 heterocycles. The van der Waals surface area contributed by atoms with Crippen molar-refractivity contribution in [2.75, 3.05) is 18.0 Å². The summed E-state index contributed by atoms with van der Waals surface area (Å²) < 4.78 is 1.68. The first-order chi connectivity index (χ1) is 11.5. The highest BCUT2D eigenvalue weighted by molar-refractivity contribution is 5.75. The van der Waals surface area contributed by atoms with Gasteiger partial charge in [0.1, 0.15) is 5.69 Å². The van der Waals surface area contributed by atoms with Crippen molar-refractivity contribution in [1.82, 2.24) is 24.6 Å². The van der Waals surface area contributed by atoms with E-state index >= 15 is 0 Å². The average Bonchev–Trinajstić information content (AvgIpc) is 2.89. The molecule has 3 aromatic heterocycles. The number of anilines is 1. The summed E-state index contributed by atoms with van der Waals surface area (Å²) in [6.45, 7) is 4.31. The van der Waals surface area contributed by atoms with Crippen LogP contribution in [-0.4, -0.2) is 37.7 Å². The summed E-state index contributed by atoms with van der Waals surface area (Å²) in [5, 5.41) is 4.46. The Balaban J connectivity index is 1.68. The largest absolute Gasteiger partial charge is 0.368 e. The maximum Gasteiger partial charge on any atom is 0.325 e. The van der Waals surface area contributed by atoms with Gasteiger partial charge in [-0.3, -0.25) is 9.78 Å². The van der Waals surface area contributed by atoms with Crippen LogP contribution < -0.4 is 16.1 Å². The minimum atomic E-state index is -0.528. The molecule has 3 aromatic rings. The van der Waals surface area contributed by atoms with E-state index in [0.717, 1.165) is 30.3 Å². The van der Waals surface area contributed by atoms with Crippen LogP contribution in [0.3, 0.4) is 0 Å². The molecule has 2 unspecified atom stereocenters. The number of hydrogen-bond donors (Lipinski definition) is 2. The molecule has 24 heavy (non-hydrogen) atoms. The van der Waals surface area contributed by atoms with Crippen molar-refractivity contribution in [1.29, 1.82) is 0 Å². The molecule has 0 spiro atoms. The molecule has 0 radical (unpaired) electrons. The zero-order valence-electron chi connectivity index (χ0n) is 13.1. The van der Waals surface area contributed by atoms with Gasteiger partial charge in [0.05, 0.1) is 11.3 Å². The number of hydrogen-bond acceptors (Lipinski definition) is 5. The molecule has 1 aliphatic heterocycles. The number of fused-ring (bicyclic) bond motifs is 2. The molecule has 122 valence electrons. The van der Waals surface area contributed by atoms with E-state index in [-0.39, 0.29) is 0 Å². The van der Waals surface area contributed by atoms with Gasteiger partial charge in [-0.15, -0.1) is 0 Å². The lowest BCUT2D eigenvalue weighted by atomic mass is 10.1. The monoisotopic (exact) mass is 324 g/mol. The predicted octanol–water partition coefficient (Wildman–Crippen LogP) is 0.619. The highest BCUT2D eigenvalue weighted by atomic mass is 16.2. The van der Waals surface area contributed by atoms with Gasteiger partial charge in [-0.1, -0.05) is 6.92 Å². The molecular weight excluding hydrogens is 308 g/mol. The third kappa shape index (κ3) is 1.85. The first-order valence-electron chi connectivity index (χ1n) is 7.95. The third-order valence-corrected chi connectivity index (χ3v) is 5.31. The maximum atomic E-state index is 12.1. The summed E-state index contributed by atoms with van der Waals surface area (Å²) in [7, 11) is 0. The van der Waals surface area contributed by atoms with Gasteiger partial charge in [-0.05, 0) is 23.8 Å². The Kier molecular flexibility index (Phi) is 2.45. The second-order valence-corrected chi connectivity index (χ2v) is 7.03. The lowest BCUT2D eigenvalue weighted by Crippen LogP contribution is -2.26. The fourth-order valence-electron chi connectivity index (χ4n) is 3.80. The Hall–Kier alpha value is -2.90. The van der Waals surface area contributed by atoms with Crippen molar-refractivity contribution in [3.05, 3.63) is 45.5 Å². The number of aromatic nitrogens is 5. The Morgan fingerprint density at radius 1 is 1.38 bits per heavy atom. The van der Waals surface area contributed by atoms with Crippen LogP contribution >= 0.6 is 0 Å². The van der Waals surface area contributed by atoms with Crippen LogP contribution in [0.1, 0.15) is 13.3 Å². The molecular formula is C16H16N6O2. The molecule has 8 nitrogen and oxygen atoms in total. The first-order valence-corrected chi connectivity index (χ1v) is 7.95. The van der Waals surface area contributed by atoms with Gasteiger partial charge in [-0.25, -0.2) is 14.3 Å². The van der Waals surface area contributed by atoms with Crippen molar-refractivity contribution in [3.63, 3.8) is 0 Å². The summed E-state index contributed by atoms with van der Waals surface area (Å²) in [5.74, 6) is 0.737. The average molecular weight is 324 g/mol. The summed E-state index contributed by atoms with van der Waals surface area (Å²) >= 11 is 0. The number of nitrogens with one attached hydrogen (secondary N) is 2. The SMILES string of the molecule is CC12CC1CN(c1cc(-c3c[nH]c(=O)[nH]c3=O)nn3ccnc13)C2. The van der Waals surface area contributed by atoms with E-state index in [2.05, 4.69) is 31.9 Å². The van der Waals surface area contributed by atoms with Gasteiger partial charge in [0, 0.05) is 31.7 Å². The van der Waals surface area contributed by atoms with E-state index in [0.29, 0.717) is 16.7 Å². The van der Waals surface area contributed by atoms with Gasteiger partial charge >= 0.3 is 5.69 Å². The van der Waals surface area contributed by atoms with Crippen molar-refractivity contribution < 1.29 is 0 Å². The Morgan fingerprint density at radius 2 is 2.25 bits per heavy atom. The zero-order chi connectivity index (χ0) is 16.5. The summed E-state index contributed by atoms with van der Waals surface area (Å²) in [6.07, 6.45) is 6.15. The molecule has 0 amide bonds. The van der Waals surface area contributed by atoms with Crippen molar-refractivity contribution in [2.45, 2.75) is 13.3 Å². The molecule has 1 saturated heterocycles. The van der Waals surface area contributed by atoms with Crippen molar-refractivity contribution in [3.8, 4) is 11.3 Å². The summed E-state index contributed by atoms with van der Waals surface area (Å²) in [4.78, 5) is 34.8. The number of imidazole rings is 1. The maximum absolute atomic E-state index is 12.1. The molecule has 5 rings (SSSR count). The summed E-state index contributed by atoms with van der Waals surface area (Å²) in [6, 6.07) is 1.89. The van der Waals surface area contributed by atoms with Crippen LogP contribution in [0.15, 0.2) is 34.2 Å². The minimum absolute atomic E-state index is 0.335. The van der Waals surface area contributed by atoms with Crippen LogP contribution in [0.5, 0.6) is 0 Å². The number of nitrogens with zero attached hydrogens (tertiary/aromatic N) is 4. The Labute approximate surface area is 136 Å². The third-order valence-electron chi connectivity index (χ3n) is 5.31. The van der Waals surface area contributed by atoms with Gasteiger partial charge in [-0.2, -0.15) is 5.10 Å². The van der Waals surface area contributed by atoms with E-state index in [9.17, 15) is 9.59 Å². The lowest BCUT2D eigenvalue weighted by Gasteiger charge is -2.22. The highest BCUT2D eigenvalue weighted by Gasteiger charge is 2.56. The quantitative estimate of drug-likeness (QED) is 0.720. The van der Waals surface area contributed by atoms with Crippen LogP contribution in [0.2, 0.25) is 0 Å². The minimum Gasteiger partial charge on any atom is -0.368 e. The fraction of sp³-hybridized carbons (Fsp3) is 0.375. The number of rotatable bonds is 2. The topological polar surface area (TPSA) is 99.2 Å². The Bertz CT molecular complexity index is 1080. The van der Waals surface area contributed by atoms with E-state index in [1.54, 1.807) is 16.9 Å². The van der Waals surface area contributed by atoms with Crippen molar-refractivity contribution in [2.24, 2.45) is 11.3 Å². The van der Waals surface area contributed by atoms with Gasteiger partial charge < -0.3 is 9.88 Å². The molecule has 2 N–H and O–H groups in total. The molecule has 2 atom stereocenters. The van der Waals surface area contributed by atoms with Gasteiger partial charge in [0.2, 0.25) is 0 Å². The molecule has 0 bridgehead atoms. The van der Waals surface area contributed by atoms with Crippen LogP contribution in [-0.2, 0) is 0 Å². The first kappa shape index (κ1) is 13.5. The predicted molar refractivity (Wildman–Crippen MR) is 88.1 cm³/mol. The molecule has 8 heteroatoms. The van der Waals surface area contributed by atoms with Crippen molar-refractivity contribution >= 4 is 11.3 Å². The van der Waals surface area contributed by atoms with E-state index < -0.39 is 11.2 Å². The van der Waals surface area contributed by atoms with Gasteiger partial charge in [0.15, 0.2) is 5.65 Å².